The van der Waals surface area contributed by atoms with Gasteiger partial charge in [0.05, 0.1) is 13.7 Å². The quantitative estimate of drug-likeness (QED) is 0.560. The Labute approximate surface area is 195 Å². The summed E-state index contributed by atoms with van der Waals surface area (Å²) in [6.07, 6.45) is 8.11. The van der Waals surface area contributed by atoms with Crippen molar-refractivity contribution in [1.82, 2.24) is 5.32 Å². The normalized spacial score (nSPS) is 14.5. The Bertz CT molecular complexity index is 905. The van der Waals surface area contributed by atoms with Gasteiger partial charge >= 0.3 is 0 Å². The van der Waals surface area contributed by atoms with E-state index in [-0.39, 0.29) is 24.5 Å². The lowest BCUT2D eigenvalue weighted by Gasteiger charge is -2.21. The second-order valence-electron chi connectivity index (χ2n) is 8.18. The molecule has 0 aliphatic heterocycles. The largest absolute Gasteiger partial charge is 0.494 e. The van der Waals surface area contributed by atoms with Gasteiger partial charge in [0.2, 0.25) is 0 Å². The molecule has 178 valence electrons. The number of hydrogen-bond donors (Lipinski definition) is 2. The average molecular weight is 455 g/mol. The van der Waals surface area contributed by atoms with E-state index in [1.165, 1.54) is 26.4 Å². The van der Waals surface area contributed by atoms with E-state index in [9.17, 15) is 9.59 Å². The molecule has 0 radical (unpaired) electrons. The molecule has 1 saturated carbocycles. The SMILES string of the molecule is CCOc1ccc(NC(=O)COc2ccc(C(=O)NC3CCCCCCC3)cc2OC)cc1. The Hall–Kier alpha value is -3.22. The van der Waals surface area contributed by atoms with Crippen LogP contribution in [-0.2, 0) is 4.79 Å². The number of amides is 2. The Morgan fingerprint density at radius 1 is 0.909 bits per heavy atom. The van der Waals surface area contributed by atoms with Gasteiger partial charge in [-0.05, 0) is 62.2 Å². The van der Waals surface area contributed by atoms with E-state index < -0.39 is 0 Å². The van der Waals surface area contributed by atoms with Crippen LogP contribution in [0.1, 0.15) is 62.2 Å². The topological polar surface area (TPSA) is 85.9 Å². The summed E-state index contributed by atoms with van der Waals surface area (Å²) in [5.41, 5.74) is 1.17. The molecule has 3 rings (SSSR count). The first-order valence-electron chi connectivity index (χ1n) is 11.7. The first-order chi connectivity index (χ1) is 16.1. The fourth-order valence-corrected chi connectivity index (χ4v) is 3.94. The molecule has 0 aromatic heterocycles. The minimum atomic E-state index is -0.299. The van der Waals surface area contributed by atoms with Crippen LogP contribution in [0.25, 0.3) is 0 Å². The first kappa shape index (κ1) is 24.4. The van der Waals surface area contributed by atoms with Gasteiger partial charge in [0, 0.05) is 17.3 Å². The van der Waals surface area contributed by atoms with E-state index in [1.54, 1.807) is 42.5 Å². The van der Waals surface area contributed by atoms with E-state index in [0.717, 1.165) is 31.4 Å². The molecule has 1 aliphatic carbocycles. The van der Waals surface area contributed by atoms with Crippen LogP contribution in [0.2, 0.25) is 0 Å². The molecule has 0 atom stereocenters. The Kier molecular flexibility index (Phi) is 9.42. The zero-order valence-electron chi connectivity index (χ0n) is 19.5. The average Bonchev–Trinajstić information content (AvgIpc) is 2.80. The fourth-order valence-electron chi connectivity index (χ4n) is 3.94. The van der Waals surface area contributed by atoms with E-state index >= 15 is 0 Å². The maximum atomic E-state index is 12.7. The van der Waals surface area contributed by atoms with Crippen LogP contribution in [0, 0.1) is 0 Å². The molecule has 1 fully saturated rings. The van der Waals surface area contributed by atoms with Crippen LogP contribution in [0.15, 0.2) is 42.5 Å². The maximum Gasteiger partial charge on any atom is 0.262 e. The van der Waals surface area contributed by atoms with Crippen LogP contribution >= 0.6 is 0 Å². The van der Waals surface area contributed by atoms with Gasteiger partial charge in [-0.2, -0.15) is 0 Å². The van der Waals surface area contributed by atoms with Gasteiger partial charge in [-0.25, -0.2) is 0 Å². The van der Waals surface area contributed by atoms with Crippen LogP contribution in [-0.4, -0.2) is 38.2 Å². The van der Waals surface area contributed by atoms with Gasteiger partial charge in [0.15, 0.2) is 18.1 Å². The number of carbonyl (C=O) groups is 2. The number of nitrogens with one attached hydrogen (secondary N) is 2. The minimum absolute atomic E-state index is 0.112. The molecular formula is C26H34N2O5. The molecule has 2 amide bonds. The van der Waals surface area contributed by atoms with Crippen LogP contribution < -0.4 is 24.8 Å². The van der Waals surface area contributed by atoms with Gasteiger partial charge in [-0.1, -0.05) is 32.1 Å². The van der Waals surface area contributed by atoms with Gasteiger partial charge in [0.25, 0.3) is 11.8 Å². The second-order valence-corrected chi connectivity index (χ2v) is 8.18. The van der Waals surface area contributed by atoms with E-state index in [0.29, 0.717) is 29.4 Å². The highest BCUT2D eigenvalue weighted by atomic mass is 16.5. The van der Waals surface area contributed by atoms with Crippen molar-refractivity contribution in [2.75, 3.05) is 25.6 Å². The van der Waals surface area contributed by atoms with Crippen molar-refractivity contribution in [3.8, 4) is 17.2 Å². The third-order valence-corrected chi connectivity index (χ3v) is 5.67. The fraction of sp³-hybridized carbons (Fsp3) is 0.462. The standard InChI is InChI=1S/C26H34N2O5/c1-3-32-22-14-12-21(13-15-22)27-25(29)18-33-23-16-11-19(17-24(23)31-2)26(30)28-20-9-7-5-4-6-8-10-20/h11-17,20H,3-10,18H2,1-2H3,(H,27,29)(H,28,30). The summed E-state index contributed by atoms with van der Waals surface area (Å²) in [6.45, 7) is 2.32. The van der Waals surface area contributed by atoms with E-state index in [1.807, 2.05) is 6.92 Å². The zero-order valence-corrected chi connectivity index (χ0v) is 19.5. The molecule has 0 saturated heterocycles. The van der Waals surface area contributed by atoms with E-state index in [4.69, 9.17) is 14.2 Å². The summed E-state index contributed by atoms with van der Waals surface area (Å²) in [7, 11) is 1.51. The van der Waals surface area contributed by atoms with Crippen molar-refractivity contribution in [1.29, 1.82) is 0 Å². The highest BCUT2D eigenvalue weighted by molar-refractivity contribution is 5.95. The third-order valence-electron chi connectivity index (χ3n) is 5.67. The van der Waals surface area contributed by atoms with E-state index in [2.05, 4.69) is 10.6 Å². The Balaban J connectivity index is 1.54. The van der Waals surface area contributed by atoms with Crippen molar-refractivity contribution >= 4 is 17.5 Å². The predicted octanol–water partition coefficient (Wildman–Crippen LogP) is 4.95. The first-order valence-corrected chi connectivity index (χ1v) is 11.7. The molecule has 33 heavy (non-hydrogen) atoms. The highest BCUT2D eigenvalue weighted by Crippen LogP contribution is 2.28. The smallest absolute Gasteiger partial charge is 0.262 e. The number of anilines is 1. The number of ether oxygens (including phenoxy) is 3. The van der Waals surface area contributed by atoms with Crippen LogP contribution in [0.4, 0.5) is 5.69 Å². The molecule has 2 N–H and O–H groups in total. The molecular weight excluding hydrogens is 420 g/mol. The molecule has 0 unspecified atom stereocenters. The second kappa shape index (κ2) is 12.7. The summed E-state index contributed by atoms with van der Waals surface area (Å²) in [4.78, 5) is 25.0. The van der Waals surface area contributed by atoms with Crippen molar-refractivity contribution < 1.29 is 23.8 Å². The summed E-state index contributed by atoms with van der Waals surface area (Å²) in [6, 6.07) is 12.4. The van der Waals surface area contributed by atoms with Gasteiger partial charge < -0.3 is 24.8 Å². The van der Waals surface area contributed by atoms with Crippen molar-refractivity contribution in [3.05, 3.63) is 48.0 Å². The number of methoxy groups -OCH3 is 1. The van der Waals surface area contributed by atoms with Gasteiger partial charge in [0.1, 0.15) is 5.75 Å². The molecule has 2 aromatic rings. The molecule has 1 aliphatic rings. The molecule has 0 spiro atoms. The van der Waals surface area contributed by atoms with Crippen LogP contribution in [0.5, 0.6) is 17.2 Å². The van der Waals surface area contributed by atoms with Crippen LogP contribution in [0.3, 0.4) is 0 Å². The molecule has 0 heterocycles. The number of benzene rings is 2. The lowest BCUT2D eigenvalue weighted by atomic mass is 9.96. The highest BCUT2D eigenvalue weighted by Gasteiger charge is 2.17. The monoisotopic (exact) mass is 454 g/mol. The zero-order chi connectivity index (χ0) is 23.5. The van der Waals surface area contributed by atoms with Crippen molar-refractivity contribution in [2.24, 2.45) is 0 Å². The molecule has 7 nitrogen and oxygen atoms in total. The Morgan fingerprint density at radius 3 is 2.27 bits per heavy atom. The maximum absolute atomic E-state index is 12.7. The van der Waals surface area contributed by atoms with Crippen molar-refractivity contribution in [2.45, 2.75) is 57.9 Å². The van der Waals surface area contributed by atoms with Gasteiger partial charge in [-0.3, -0.25) is 9.59 Å². The third kappa shape index (κ3) is 7.70. The van der Waals surface area contributed by atoms with Crippen molar-refractivity contribution in [3.63, 3.8) is 0 Å². The number of rotatable bonds is 9. The Morgan fingerprint density at radius 2 is 1.61 bits per heavy atom. The summed E-state index contributed by atoms with van der Waals surface area (Å²) in [5, 5.41) is 5.93. The molecule has 0 bridgehead atoms. The lowest BCUT2D eigenvalue weighted by molar-refractivity contribution is -0.118. The summed E-state index contributed by atoms with van der Waals surface area (Å²) in [5.74, 6) is 1.15. The molecule has 7 heteroatoms. The summed E-state index contributed by atoms with van der Waals surface area (Å²) < 4.78 is 16.4. The van der Waals surface area contributed by atoms with Gasteiger partial charge in [-0.15, -0.1) is 0 Å². The number of hydrogen-bond acceptors (Lipinski definition) is 5. The predicted molar refractivity (Wildman–Crippen MR) is 128 cm³/mol. The minimum Gasteiger partial charge on any atom is -0.494 e. The summed E-state index contributed by atoms with van der Waals surface area (Å²) >= 11 is 0. The number of carbonyl (C=O) groups excluding carboxylic acids is 2. The molecule has 2 aromatic carbocycles. The lowest BCUT2D eigenvalue weighted by Crippen LogP contribution is -2.35.